The molecule has 100 valence electrons. The van der Waals surface area contributed by atoms with Gasteiger partial charge in [-0.15, -0.1) is 0 Å². The van der Waals surface area contributed by atoms with Gasteiger partial charge in [0, 0.05) is 15.2 Å². The van der Waals surface area contributed by atoms with Gasteiger partial charge in [-0.2, -0.15) is 0 Å². The number of alkyl halides is 1. The number of ether oxygens (including phenoxy) is 1. The van der Waals surface area contributed by atoms with Gasteiger partial charge in [0.1, 0.15) is 11.5 Å². The number of hydrogen-bond donors (Lipinski definition) is 0. The second-order valence-corrected chi connectivity index (χ2v) is 5.88. The standard InChI is InChI=1S/C17H12Br2O/c18-11-13-8-9-14(10-16(13)19)20-17-7-3-5-12-4-1-2-6-15(12)17/h1-10H,11H2. The summed E-state index contributed by atoms with van der Waals surface area (Å²) in [5.74, 6) is 1.71. The number of fused-ring (bicyclic) bond motifs is 1. The first-order chi connectivity index (χ1) is 9.78. The molecule has 0 fully saturated rings. The number of benzene rings is 3. The van der Waals surface area contributed by atoms with Crippen LogP contribution in [0.3, 0.4) is 0 Å². The average molecular weight is 392 g/mol. The third-order valence-electron chi connectivity index (χ3n) is 3.15. The number of halogens is 2. The Hall–Kier alpha value is -1.32. The second-order valence-electron chi connectivity index (χ2n) is 4.47. The van der Waals surface area contributed by atoms with Crippen LogP contribution in [0.2, 0.25) is 0 Å². The predicted molar refractivity (Wildman–Crippen MR) is 90.8 cm³/mol. The summed E-state index contributed by atoms with van der Waals surface area (Å²) in [6.07, 6.45) is 0. The van der Waals surface area contributed by atoms with Crippen LogP contribution in [0.1, 0.15) is 5.56 Å². The maximum Gasteiger partial charge on any atom is 0.135 e. The highest BCUT2D eigenvalue weighted by Crippen LogP contribution is 2.32. The number of rotatable bonds is 3. The summed E-state index contributed by atoms with van der Waals surface area (Å²) >= 11 is 7.02. The van der Waals surface area contributed by atoms with Gasteiger partial charge in [-0.05, 0) is 29.1 Å². The van der Waals surface area contributed by atoms with Gasteiger partial charge in [-0.1, -0.05) is 74.3 Å². The quantitative estimate of drug-likeness (QED) is 0.476. The van der Waals surface area contributed by atoms with E-state index in [1.54, 1.807) is 0 Å². The molecule has 0 amide bonds. The van der Waals surface area contributed by atoms with Crippen LogP contribution in [-0.4, -0.2) is 0 Å². The van der Waals surface area contributed by atoms with Crippen molar-refractivity contribution in [2.24, 2.45) is 0 Å². The van der Waals surface area contributed by atoms with Crippen molar-refractivity contribution in [1.29, 1.82) is 0 Å². The lowest BCUT2D eigenvalue weighted by atomic mass is 10.1. The van der Waals surface area contributed by atoms with E-state index in [2.05, 4.69) is 56.1 Å². The molecule has 0 aliphatic heterocycles. The molecule has 20 heavy (non-hydrogen) atoms. The van der Waals surface area contributed by atoms with Gasteiger partial charge >= 0.3 is 0 Å². The van der Waals surface area contributed by atoms with Crippen molar-refractivity contribution in [3.8, 4) is 11.5 Å². The molecule has 3 heteroatoms. The highest BCUT2D eigenvalue weighted by Gasteiger charge is 2.05. The maximum atomic E-state index is 6.03. The average Bonchev–Trinajstić information content (AvgIpc) is 2.48. The third-order valence-corrected chi connectivity index (χ3v) is 4.49. The fraction of sp³-hybridized carbons (Fsp3) is 0.0588. The Morgan fingerprint density at radius 2 is 1.70 bits per heavy atom. The van der Waals surface area contributed by atoms with E-state index in [1.165, 1.54) is 10.9 Å². The lowest BCUT2D eigenvalue weighted by Crippen LogP contribution is -1.87. The van der Waals surface area contributed by atoms with Crippen LogP contribution in [0.4, 0.5) is 0 Å². The molecule has 3 aromatic carbocycles. The highest BCUT2D eigenvalue weighted by atomic mass is 79.9. The molecule has 0 aliphatic carbocycles. The van der Waals surface area contributed by atoms with E-state index < -0.39 is 0 Å². The van der Waals surface area contributed by atoms with Crippen molar-refractivity contribution in [2.45, 2.75) is 5.33 Å². The summed E-state index contributed by atoms with van der Waals surface area (Å²) in [7, 11) is 0. The van der Waals surface area contributed by atoms with E-state index in [0.717, 1.165) is 26.7 Å². The van der Waals surface area contributed by atoms with Crippen molar-refractivity contribution in [3.63, 3.8) is 0 Å². The largest absolute Gasteiger partial charge is 0.457 e. The van der Waals surface area contributed by atoms with Crippen LogP contribution in [0.25, 0.3) is 10.8 Å². The molecule has 0 atom stereocenters. The van der Waals surface area contributed by atoms with Crippen molar-refractivity contribution in [2.75, 3.05) is 0 Å². The molecule has 3 rings (SSSR count). The molecule has 0 radical (unpaired) electrons. The topological polar surface area (TPSA) is 9.23 Å². The lowest BCUT2D eigenvalue weighted by molar-refractivity contribution is 0.488. The van der Waals surface area contributed by atoms with Crippen molar-refractivity contribution >= 4 is 42.6 Å². The Morgan fingerprint density at radius 1 is 0.900 bits per heavy atom. The van der Waals surface area contributed by atoms with Crippen molar-refractivity contribution in [3.05, 3.63) is 70.7 Å². The van der Waals surface area contributed by atoms with Crippen LogP contribution in [-0.2, 0) is 5.33 Å². The summed E-state index contributed by atoms with van der Waals surface area (Å²) in [5.41, 5.74) is 1.20. The minimum absolute atomic E-state index is 0.822. The Balaban J connectivity index is 1.99. The van der Waals surface area contributed by atoms with Gasteiger partial charge in [0.25, 0.3) is 0 Å². The first-order valence-electron chi connectivity index (χ1n) is 6.28. The molecular formula is C17H12Br2O. The van der Waals surface area contributed by atoms with Gasteiger partial charge in [-0.3, -0.25) is 0 Å². The summed E-state index contributed by atoms with van der Waals surface area (Å²) < 4.78 is 7.07. The van der Waals surface area contributed by atoms with E-state index in [9.17, 15) is 0 Å². The first kappa shape index (κ1) is 13.7. The van der Waals surface area contributed by atoms with Gasteiger partial charge in [0.2, 0.25) is 0 Å². The molecule has 0 heterocycles. The zero-order valence-electron chi connectivity index (χ0n) is 10.6. The zero-order valence-corrected chi connectivity index (χ0v) is 13.8. The smallest absolute Gasteiger partial charge is 0.135 e. The number of hydrogen-bond acceptors (Lipinski definition) is 1. The summed E-state index contributed by atoms with van der Waals surface area (Å²) in [5, 5.41) is 3.12. The Morgan fingerprint density at radius 3 is 2.50 bits per heavy atom. The summed E-state index contributed by atoms with van der Waals surface area (Å²) in [6, 6.07) is 20.4. The maximum absolute atomic E-state index is 6.03. The fourth-order valence-electron chi connectivity index (χ4n) is 2.11. The van der Waals surface area contributed by atoms with Crippen LogP contribution < -0.4 is 4.74 Å². The Kier molecular flexibility index (Phi) is 4.08. The van der Waals surface area contributed by atoms with Gasteiger partial charge in [-0.25, -0.2) is 0 Å². The Labute approximate surface area is 134 Å². The van der Waals surface area contributed by atoms with E-state index in [4.69, 9.17) is 4.74 Å². The Bertz CT molecular complexity index is 748. The van der Waals surface area contributed by atoms with E-state index >= 15 is 0 Å². The van der Waals surface area contributed by atoms with E-state index in [-0.39, 0.29) is 0 Å². The van der Waals surface area contributed by atoms with Crippen molar-refractivity contribution in [1.82, 2.24) is 0 Å². The molecule has 0 spiro atoms. The van der Waals surface area contributed by atoms with Gasteiger partial charge in [0.15, 0.2) is 0 Å². The molecule has 0 bridgehead atoms. The molecule has 1 nitrogen and oxygen atoms in total. The van der Waals surface area contributed by atoms with Gasteiger partial charge in [0.05, 0.1) is 0 Å². The molecule has 3 aromatic rings. The van der Waals surface area contributed by atoms with Gasteiger partial charge < -0.3 is 4.74 Å². The molecule has 0 aliphatic rings. The van der Waals surface area contributed by atoms with Crippen LogP contribution in [0.15, 0.2) is 65.1 Å². The zero-order chi connectivity index (χ0) is 13.9. The predicted octanol–water partition coefficient (Wildman–Crippen LogP) is 6.29. The highest BCUT2D eigenvalue weighted by molar-refractivity contribution is 9.10. The van der Waals surface area contributed by atoms with E-state index in [1.807, 2.05) is 36.4 Å². The minimum Gasteiger partial charge on any atom is -0.457 e. The molecule has 0 unspecified atom stereocenters. The van der Waals surface area contributed by atoms with Crippen LogP contribution in [0, 0.1) is 0 Å². The second kappa shape index (κ2) is 5.98. The lowest BCUT2D eigenvalue weighted by Gasteiger charge is -2.10. The molecular weight excluding hydrogens is 380 g/mol. The minimum atomic E-state index is 0.822. The summed E-state index contributed by atoms with van der Waals surface area (Å²) in [4.78, 5) is 0. The van der Waals surface area contributed by atoms with Crippen LogP contribution in [0.5, 0.6) is 11.5 Å². The van der Waals surface area contributed by atoms with E-state index in [0.29, 0.717) is 0 Å². The molecule has 0 aromatic heterocycles. The van der Waals surface area contributed by atoms with Crippen LogP contribution >= 0.6 is 31.9 Å². The normalized spacial score (nSPS) is 10.7. The van der Waals surface area contributed by atoms with Crippen molar-refractivity contribution < 1.29 is 4.74 Å². The SMILES string of the molecule is BrCc1ccc(Oc2cccc3ccccc23)cc1Br. The summed E-state index contributed by atoms with van der Waals surface area (Å²) in [6.45, 7) is 0. The first-order valence-corrected chi connectivity index (χ1v) is 8.19. The monoisotopic (exact) mass is 390 g/mol. The third kappa shape index (κ3) is 2.74. The molecule has 0 saturated heterocycles. The molecule has 0 N–H and O–H groups in total. The molecule has 0 saturated carbocycles. The fourth-order valence-corrected chi connectivity index (χ4v) is 3.47.